The van der Waals surface area contributed by atoms with Gasteiger partial charge in [-0.3, -0.25) is 9.59 Å². The van der Waals surface area contributed by atoms with E-state index in [1.807, 2.05) is 4.90 Å². The molecule has 3 aliphatic rings. The lowest BCUT2D eigenvalue weighted by Crippen LogP contribution is -2.62. The minimum absolute atomic E-state index is 0.147. The zero-order valence-corrected chi connectivity index (χ0v) is 16.7. The number of halogens is 3. The summed E-state index contributed by atoms with van der Waals surface area (Å²) in [5.74, 6) is -0.709. The van der Waals surface area contributed by atoms with E-state index in [1.165, 1.54) is 12.3 Å². The molecule has 0 radical (unpaired) electrons. The Labute approximate surface area is 177 Å². The Bertz CT molecular complexity index is 1000. The third-order valence-corrected chi connectivity index (χ3v) is 6.32. The molecular weight excluding hydrogens is 411 g/mol. The van der Waals surface area contributed by atoms with Crippen molar-refractivity contribution >= 4 is 17.5 Å². The predicted octanol–water partition coefficient (Wildman–Crippen LogP) is 3.08. The number of hydrogen-bond acceptors (Lipinski definition) is 4. The second-order valence-electron chi connectivity index (χ2n) is 8.42. The molecule has 2 aliphatic heterocycles. The largest absolute Gasteiger partial charge is 0.459 e. The highest BCUT2D eigenvalue weighted by molar-refractivity contribution is 5.92. The zero-order chi connectivity index (χ0) is 21.8. The van der Waals surface area contributed by atoms with Crippen LogP contribution in [0.4, 0.5) is 18.9 Å². The van der Waals surface area contributed by atoms with Crippen molar-refractivity contribution in [1.82, 2.24) is 10.2 Å². The minimum atomic E-state index is -4.44. The summed E-state index contributed by atoms with van der Waals surface area (Å²) >= 11 is 0. The van der Waals surface area contributed by atoms with Crippen LogP contribution in [0.1, 0.15) is 34.5 Å². The number of carbonyl (C=O) groups is 2. The van der Waals surface area contributed by atoms with Crippen molar-refractivity contribution in [3.05, 3.63) is 53.5 Å². The third-order valence-electron chi connectivity index (χ3n) is 6.32. The molecule has 5 rings (SSSR count). The van der Waals surface area contributed by atoms with Crippen LogP contribution in [0.15, 0.2) is 41.0 Å². The average molecular weight is 433 g/mol. The molecule has 2 unspecified atom stereocenters. The molecule has 2 aromatic rings. The van der Waals surface area contributed by atoms with Gasteiger partial charge in [0.15, 0.2) is 5.76 Å². The Balaban J connectivity index is 1.46. The standard InChI is InChI=1S/C22H22F3N3O3/c23-22(24,25)14-3-6-17-13(10-14)11-16(20(29)26-15-4-5-15)18-12-27(7-8-28(17)18)21(30)19-2-1-9-31-19/h1-3,6,9-10,15-16,18H,4-5,7-8,11-12H2,(H,26,29). The van der Waals surface area contributed by atoms with E-state index in [-0.39, 0.29) is 36.1 Å². The molecule has 1 aromatic heterocycles. The monoisotopic (exact) mass is 433 g/mol. The molecule has 1 saturated carbocycles. The van der Waals surface area contributed by atoms with Gasteiger partial charge in [0, 0.05) is 31.4 Å². The fraction of sp³-hybridized carbons (Fsp3) is 0.455. The van der Waals surface area contributed by atoms with Gasteiger partial charge in [-0.1, -0.05) is 0 Å². The van der Waals surface area contributed by atoms with Crippen molar-refractivity contribution in [2.24, 2.45) is 5.92 Å². The summed E-state index contributed by atoms with van der Waals surface area (Å²) in [5.41, 5.74) is 0.518. The summed E-state index contributed by atoms with van der Waals surface area (Å²) in [5, 5.41) is 2.99. The zero-order valence-electron chi connectivity index (χ0n) is 16.7. The van der Waals surface area contributed by atoms with E-state index in [2.05, 4.69) is 5.32 Å². The van der Waals surface area contributed by atoms with E-state index in [9.17, 15) is 22.8 Å². The van der Waals surface area contributed by atoms with Gasteiger partial charge >= 0.3 is 6.18 Å². The molecule has 9 heteroatoms. The molecule has 3 heterocycles. The lowest BCUT2D eigenvalue weighted by molar-refractivity contribution is -0.137. The van der Waals surface area contributed by atoms with Crippen LogP contribution in [0.2, 0.25) is 0 Å². The number of amides is 2. The predicted molar refractivity (Wildman–Crippen MR) is 106 cm³/mol. The summed E-state index contributed by atoms with van der Waals surface area (Å²) < 4.78 is 45.0. The SMILES string of the molecule is O=C(NC1CC1)C1Cc2cc(C(F)(F)F)ccc2N2CCN(C(=O)c3ccco3)CC12. The highest BCUT2D eigenvalue weighted by atomic mass is 19.4. The minimum Gasteiger partial charge on any atom is -0.459 e. The lowest BCUT2D eigenvalue weighted by Gasteiger charge is -2.49. The highest BCUT2D eigenvalue weighted by Crippen LogP contribution is 2.40. The van der Waals surface area contributed by atoms with Gasteiger partial charge in [0.25, 0.3) is 5.91 Å². The first-order valence-electron chi connectivity index (χ1n) is 10.4. The van der Waals surface area contributed by atoms with Gasteiger partial charge in [-0.25, -0.2) is 0 Å². The van der Waals surface area contributed by atoms with Crippen LogP contribution in [0.25, 0.3) is 0 Å². The number of benzene rings is 1. The van der Waals surface area contributed by atoms with Crippen LogP contribution >= 0.6 is 0 Å². The van der Waals surface area contributed by atoms with Crippen molar-refractivity contribution in [1.29, 1.82) is 0 Å². The Hall–Kier alpha value is -2.97. The number of alkyl halides is 3. The molecule has 2 fully saturated rings. The lowest BCUT2D eigenvalue weighted by atomic mass is 9.82. The number of nitrogens with zero attached hydrogens (tertiary/aromatic N) is 2. The summed E-state index contributed by atoms with van der Waals surface area (Å²) in [6.07, 6.45) is -0.951. The van der Waals surface area contributed by atoms with Crippen molar-refractivity contribution in [2.75, 3.05) is 24.5 Å². The van der Waals surface area contributed by atoms with Gasteiger partial charge in [0.2, 0.25) is 5.91 Å². The molecule has 6 nitrogen and oxygen atoms in total. The summed E-state index contributed by atoms with van der Waals surface area (Å²) in [7, 11) is 0. The maximum Gasteiger partial charge on any atom is 0.416 e. The Kier molecular flexibility index (Phi) is 4.71. The maximum atomic E-state index is 13.3. The molecule has 0 bridgehead atoms. The van der Waals surface area contributed by atoms with Crippen LogP contribution < -0.4 is 10.2 Å². The van der Waals surface area contributed by atoms with Crippen molar-refractivity contribution in [2.45, 2.75) is 37.5 Å². The number of hydrogen-bond donors (Lipinski definition) is 1. The van der Waals surface area contributed by atoms with Crippen molar-refractivity contribution in [3.63, 3.8) is 0 Å². The van der Waals surface area contributed by atoms with E-state index >= 15 is 0 Å². The van der Waals surface area contributed by atoms with Gasteiger partial charge in [0.1, 0.15) is 0 Å². The van der Waals surface area contributed by atoms with Crippen molar-refractivity contribution in [3.8, 4) is 0 Å². The smallest absolute Gasteiger partial charge is 0.416 e. The number of piperazine rings is 1. The van der Waals surface area contributed by atoms with E-state index in [0.29, 0.717) is 30.9 Å². The molecular formula is C22H22F3N3O3. The molecule has 31 heavy (non-hydrogen) atoms. The first kappa shape index (κ1) is 20.0. The van der Waals surface area contributed by atoms with Crippen LogP contribution in [0, 0.1) is 5.92 Å². The second kappa shape index (κ2) is 7.32. The fourth-order valence-corrected chi connectivity index (χ4v) is 4.58. The molecule has 2 atom stereocenters. The van der Waals surface area contributed by atoms with Crippen LogP contribution in [-0.4, -0.2) is 48.4 Å². The highest BCUT2D eigenvalue weighted by Gasteiger charge is 2.44. The number of carbonyl (C=O) groups excluding carboxylic acids is 2. The van der Waals surface area contributed by atoms with E-state index in [0.717, 1.165) is 25.0 Å². The molecule has 1 aliphatic carbocycles. The molecule has 2 amide bonds. The fourth-order valence-electron chi connectivity index (χ4n) is 4.58. The quantitative estimate of drug-likeness (QED) is 0.808. The van der Waals surface area contributed by atoms with Gasteiger partial charge < -0.3 is 19.5 Å². The van der Waals surface area contributed by atoms with E-state index < -0.39 is 17.7 Å². The second-order valence-corrected chi connectivity index (χ2v) is 8.42. The number of rotatable bonds is 3. The third kappa shape index (κ3) is 3.77. The number of fused-ring (bicyclic) bond motifs is 3. The van der Waals surface area contributed by atoms with Gasteiger partial charge in [0.05, 0.1) is 23.8 Å². The van der Waals surface area contributed by atoms with E-state index in [4.69, 9.17) is 4.42 Å². The maximum absolute atomic E-state index is 13.3. The number of nitrogens with one attached hydrogen (secondary N) is 1. The Morgan fingerprint density at radius 2 is 1.94 bits per heavy atom. The van der Waals surface area contributed by atoms with Gasteiger partial charge in [-0.05, 0) is 55.2 Å². The van der Waals surface area contributed by atoms with Crippen molar-refractivity contribution < 1.29 is 27.2 Å². The van der Waals surface area contributed by atoms with Gasteiger partial charge in [-0.2, -0.15) is 13.2 Å². The molecule has 1 aromatic carbocycles. The summed E-state index contributed by atoms with van der Waals surface area (Å²) in [6.45, 7) is 1.14. The van der Waals surface area contributed by atoms with Crippen LogP contribution in [0.3, 0.4) is 0 Å². The Morgan fingerprint density at radius 1 is 1.13 bits per heavy atom. The van der Waals surface area contributed by atoms with Crippen LogP contribution in [-0.2, 0) is 17.4 Å². The Morgan fingerprint density at radius 3 is 2.61 bits per heavy atom. The molecule has 1 saturated heterocycles. The first-order chi connectivity index (χ1) is 14.8. The van der Waals surface area contributed by atoms with E-state index in [1.54, 1.807) is 17.0 Å². The molecule has 1 N–H and O–H groups in total. The average Bonchev–Trinajstić information content (AvgIpc) is 3.39. The topological polar surface area (TPSA) is 65.8 Å². The summed E-state index contributed by atoms with van der Waals surface area (Å²) in [4.78, 5) is 29.5. The normalized spacial score (nSPS) is 23.2. The first-order valence-corrected chi connectivity index (χ1v) is 10.4. The molecule has 0 spiro atoms. The van der Waals surface area contributed by atoms with Crippen LogP contribution in [0.5, 0.6) is 0 Å². The summed E-state index contributed by atoms with van der Waals surface area (Å²) in [6, 6.07) is 6.81. The molecule has 164 valence electrons. The van der Waals surface area contributed by atoms with Gasteiger partial charge in [-0.15, -0.1) is 0 Å². The number of furan rings is 1. The number of anilines is 1.